The highest BCUT2D eigenvalue weighted by Gasteiger charge is 2.24. The molecular formula is C13H12O4S. The second-order valence-corrected chi connectivity index (χ2v) is 4.83. The number of hydrogen-bond acceptors (Lipinski definition) is 4. The van der Waals surface area contributed by atoms with E-state index < -0.39 is 11.4 Å². The third-order valence-electron chi connectivity index (χ3n) is 2.74. The molecule has 0 radical (unpaired) electrons. The molecule has 5 heteroatoms. The Balaban J connectivity index is 1.76. The Hall–Kier alpha value is -1.43. The van der Waals surface area contributed by atoms with Gasteiger partial charge < -0.3 is 4.74 Å². The lowest BCUT2D eigenvalue weighted by atomic mass is 10.1. The van der Waals surface area contributed by atoms with Crippen molar-refractivity contribution >= 4 is 22.1 Å². The monoisotopic (exact) mass is 264 g/mol. The zero-order chi connectivity index (χ0) is 12.4. The summed E-state index contributed by atoms with van der Waals surface area (Å²) in [5.41, 5.74) is 0. The first kappa shape index (κ1) is 11.6. The summed E-state index contributed by atoms with van der Waals surface area (Å²) >= 11 is -1.62. The zero-order valence-corrected chi connectivity index (χ0v) is 10.4. The highest BCUT2D eigenvalue weighted by atomic mass is 32.2. The van der Waals surface area contributed by atoms with Gasteiger partial charge in [0.2, 0.25) is 0 Å². The van der Waals surface area contributed by atoms with Crippen LogP contribution >= 0.6 is 0 Å². The van der Waals surface area contributed by atoms with Crippen molar-refractivity contribution < 1.29 is 17.3 Å². The molecule has 0 amide bonds. The van der Waals surface area contributed by atoms with Gasteiger partial charge in [-0.1, -0.05) is 36.4 Å². The first-order valence-electron chi connectivity index (χ1n) is 5.66. The molecule has 0 unspecified atom stereocenters. The fraction of sp³-hybridized carbons (Fsp3) is 0.231. The van der Waals surface area contributed by atoms with Crippen molar-refractivity contribution in [1.29, 1.82) is 0 Å². The van der Waals surface area contributed by atoms with Crippen LogP contribution in [-0.4, -0.2) is 23.5 Å². The lowest BCUT2D eigenvalue weighted by Crippen LogP contribution is -2.19. The summed E-state index contributed by atoms with van der Waals surface area (Å²) in [5.74, 6) is 0.800. The Morgan fingerprint density at radius 2 is 2.06 bits per heavy atom. The molecule has 2 aromatic carbocycles. The van der Waals surface area contributed by atoms with Gasteiger partial charge in [-0.15, -0.1) is 0 Å². The van der Waals surface area contributed by atoms with Crippen LogP contribution in [0.25, 0.3) is 10.8 Å². The molecule has 3 rings (SSSR count). The minimum absolute atomic E-state index is 0.273. The first-order valence-corrected chi connectivity index (χ1v) is 6.66. The lowest BCUT2D eigenvalue weighted by molar-refractivity contribution is 0.152. The number of ether oxygens (including phenoxy) is 1. The molecule has 1 heterocycles. The van der Waals surface area contributed by atoms with Gasteiger partial charge in [-0.2, -0.15) is 4.21 Å². The average Bonchev–Trinajstić information content (AvgIpc) is 2.82. The molecule has 0 aliphatic carbocycles. The molecule has 0 bridgehead atoms. The van der Waals surface area contributed by atoms with Crippen LogP contribution in [0.5, 0.6) is 5.75 Å². The molecule has 1 saturated heterocycles. The predicted octanol–water partition coefficient (Wildman–Crippen LogP) is 2.21. The molecule has 1 fully saturated rings. The van der Waals surface area contributed by atoms with E-state index >= 15 is 0 Å². The second-order valence-electron chi connectivity index (χ2n) is 4.00. The normalized spacial score (nSPS) is 23.3. The largest absolute Gasteiger partial charge is 0.490 e. The molecule has 4 nitrogen and oxygen atoms in total. The molecule has 2 aromatic rings. The summed E-state index contributed by atoms with van der Waals surface area (Å²) in [6.07, 6.45) is -0.273. The molecule has 18 heavy (non-hydrogen) atoms. The minimum Gasteiger partial charge on any atom is -0.490 e. The van der Waals surface area contributed by atoms with Crippen LogP contribution in [0.4, 0.5) is 0 Å². The van der Waals surface area contributed by atoms with Gasteiger partial charge in [-0.3, -0.25) is 8.37 Å². The van der Waals surface area contributed by atoms with Gasteiger partial charge in [0.15, 0.2) is 0 Å². The quantitative estimate of drug-likeness (QED) is 0.852. The van der Waals surface area contributed by atoms with E-state index in [4.69, 9.17) is 13.1 Å². The van der Waals surface area contributed by atoms with Gasteiger partial charge in [0.05, 0.1) is 6.61 Å². The molecule has 0 aromatic heterocycles. The van der Waals surface area contributed by atoms with Crippen LogP contribution < -0.4 is 4.74 Å². The molecule has 2 atom stereocenters. The maximum atomic E-state index is 10.9. The summed E-state index contributed by atoms with van der Waals surface area (Å²) in [7, 11) is 0. The van der Waals surface area contributed by atoms with Crippen molar-refractivity contribution in [3.63, 3.8) is 0 Å². The van der Waals surface area contributed by atoms with E-state index in [-0.39, 0.29) is 6.10 Å². The number of benzene rings is 2. The zero-order valence-electron chi connectivity index (χ0n) is 9.57. The van der Waals surface area contributed by atoms with Crippen LogP contribution in [0, 0.1) is 0 Å². The number of hydrogen-bond donors (Lipinski definition) is 0. The molecule has 0 N–H and O–H groups in total. The van der Waals surface area contributed by atoms with Crippen LogP contribution in [0.15, 0.2) is 42.5 Å². The van der Waals surface area contributed by atoms with E-state index in [1.165, 1.54) is 0 Å². The third-order valence-corrected chi connectivity index (χ3v) is 3.50. The summed E-state index contributed by atoms with van der Waals surface area (Å²) in [4.78, 5) is 0. The first-order chi connectivity index (χ1) is 8.83. The van der Waals surface area contributed by atoms with Crippen molar-refractivity contribution in [2.75, 3.05) is 13.2 Å². The van der Waals surface area contributed by atoms with E-state index in [0.717, 1.165) is 16.5 Å². The number of rotatable bonds is 3. The van der Waals surface area contributed by atoms with Gasteiger partial charge in [-0.05, 0) is 11.5 Å². The van der Waals surface area contributed by atoms with Gasteiger partial charge in [0.25, 0.3) is 0 Å². The summed E-state index contributed by atoms with van der Waals surface area (Å²) in [5, 5.41) is 2.18. The summed E-state index contributed by atoms with van der Waals surface area (Å²) in [6.45, 7) is 0.636. The molecular weight excluding hydrogens is 252 g/mol. The highest BCUT2D eigenvalue weighted by Crippen LogP contribution is 2.25. The Kier molecular flexibility index (Phi) is 3.27. The van der Waals surface area contributed by atoms with Crippen molar-refractivity contribution in [2.24, 2.45) is 0 Å². The van der Waals surface area contributed by atoms with Gasteiger partial charge in [0.1, 0.15) is 18.5 Å². The van der Waals surface area contributed by atoms with E-state index in [1.54, 1.807) is 0 Å². The van der Waals surface area contributed by atoms with E-state index in [9.17, 15) is 4.21 Å². The average molecular weight is 264 g/mol. The molecule has 0 spiro atoms. The van der Waals surface area contributed by atoms with E-state index in [1.807, 2.05) is 42.5 Å². The van der Waals surface area contributed by atoms with Crippen molar-refractivity contribution in [3.8, 4) is 5.75 Å². The maximum absolute atomic E-state index is 10.9. The third kappa shape index (κ3) is 2.38. The summed E-state index contributed by atoms with van der Waals surface area (Å²) < 4.78 is 26.4. The van der Waals surface area contributed by atoms with Gasteiger partial charge in [-0.25, -0.2) is 0 Å². The summed E-state index contributed by atoms with van der Waals surface area (Å²) in [6, 6.07) is 13.9. The maximum Gasteiger partial charge on any atom is 0.305 e. The van der Waals surface area contributed by atoms with Gasteiger partial charge in [0, 0.05) is 5.39 Å². The van der Waals surface area contributed by atoms with Crippen LogP contribution in [0.1, 0.15) is 0 Å². The molecule has 0 saturated carbocycles. The minimum atomic E-state index is -1.62. The SMILES string of the molecule is O=[S@]1OC[C@@H](COc2cccc3ccccc23)O1. The molecule has 1 aliphatic heterocycles. The topological polar surface area (TPSA) is 44.8 Å². The lowest BCUT2D eigenvalue weighted by Gasteiger charge is -2.11. The highest BCUT2D eigenvalue weighted by molar-refractivity contribution is 7.75. The van der Waals surface area contributed by atoms with Crippen LogP contribution in [0.3, 0.4) is 0 Å². The van der Waals surface area contributed by atoms with Crippen molar-refractivity contribution in [1.82, 2.24) is 0 Å². The Labute approximate surface area is 107 Å². The Morgan fingerprint density at radius 1 is 1.22 bits per heavy atom. The number of fused-ring (bicyclic) bond motifs is 1. The second kappa shape index (κ2) is 5.06. The molecule has 94 valence electrons. The smallest absolute Gasteiger partial charge is 0.305 e. The van der Waals surface area contributed by atoms with Crippen molar-refractivity contribution in [3.05, 3.63) is 42.5 Å². The van der Waals surface area contributed by atoms with Crippen LogP contribution in [-0.2, 0) is 19.7 Å². The Morgan fingerprint density at radius 3 is 2.89 bits per heavy atom. The van der Waals surface area contributed by atoms with Crippen molar-refractivity contribution in [2.45, 2.75) is 6.10 Å². The predicted molar refractivity (Wildman–Crippen MR) is 68.4 cm³/mol. The van der Waals surface area contributed by atoms with Gasteiger partial charge >= 0.3 is 11.4 Å². The van der Waals surface area contributed by atoms with E-state index in [2.05, 4.69) is 0 Å². The fourth-order valence-electron chi connectivity index (χ4n) is 1.88. The standard InChI is InChI=1S/C13H12O4S/c14-18-16-9-11(17-18)8-15-13-7-3-5-10-4-1-2-6-12(10)13/h1-7,11H,8-9H2/t11-,18+/m1/s1. The molecule has 1 aliphatic rings. The van der Waals surface area contributed by atoms with E-state index in [0.29, 0.717) is 13.2 Å². The van der Waals surface area contributed by atoms with Crippen LogP contribution in [0.2, 0.25) is 0 Å². The fourth-order valence-corrected chi connectivity index (χ4v) is 2.53. The Bertz CT molecular complexity index is 579.